The molecule has 0 saturated carbocycles. The highest BCUT2D eigenvalue weighted by molar-refractivity contribution is 5.97. The number of hydrogen-bond donors (Lipinski definition) is 1. The molecule has 0 saturated heterocycles. The van der Waals surface area contributed by atoms with Gasteiger partial charge in [-0.1, -0.05) is 24.3 Å². The van der Waals surface area contributed by atoms with Gasteiger partial charge in [0.25, 0.3) is 0 Å². The number of halogens is 3. The summed E-state index contributed by atoms with van der Waals surface area (Å²) < 4.78 is 41.8. The van der Waals surface area contributed by atoms with Gasteiger partial charge < -0.3 is 15.4 Å². The van der Waals surface area contributed by atoms with Gasteiger partial charge in [-0.3, -0.25) is 9.69 Å². The van der Waals surface area contributed by atoms with Crippen LogP contribution in [0.25, 0.3) is 0 Å². The van der Waals surface area contributed by atoms with Crippen molar-refractivity contribution in [1.29, 1.82) is 0 Å². The molecular formula is C23H26F3N3O4. The fraction of sp³-hybridized carbons (Fsp3) is 0.348. The summed E-state index contributed by atoms with van der Waals surface area (Å²) in [4.78, 5) is 38.4. The summed E-state index contributed by atoms with van der Waals surface area (Å²) >= 11 is 0. The van der Waals surface area contributed by atoms with Crippen LogP contribution in [0.3, 0.4) is 0 Å². The number of nitrogen functional groups attached to an aromatic ring is 1. The average Bonchev–Trinajstić information content (AvgIpc) is 2.66. The Morgan fingerprint density at radius 3 is 1.97 bits per heavy atom. The molecule has 0 fully saturated rings. The molecule has 178 valence electrons. The Balaban J connectivity index is 2.30. The minimum absolute atomic E-state index is 0.173. The largest absolute Gasteiger partial charge is 0.491 e. The number of nitrogens with zero attached hydrogens (tertiary/aromatic N) is 2. The first-order chi connectivity index (χ1) is 15.2. The number of carbonyl (C=O) groups is 3. The Kier molecular flexibility index (Phi) is 7.73. The number of rotatable bonds is 5. The second-order valence-electron chi connectivity index (χ2n) is 8.45. The maximum absolute atomic E-state index is 12.6. The summed E-state index contributed by atoms with van der Waals surface area (Å²) in [5.74, 6) is -2.80. The van der Waals surface area contributed by atoms with E-state index in [9.17, 15) is 27.6 Å². The van der Waals surface area contributed by atoms with Crippen molar-refractivity contribution in [1.82, 2.24) is 4.90 Å². The smallest absolute Gasteiger partial charge is 0.399 e. The van der Waals surface area contributed by atoms with E-state index in [0.29, 0.717) is 11.3 Å². The molecule has 2 N–H and O–H groups in total. The van der Waals surface area contributed by atoms with Gasteiger partial charge in [0.15, 0.2) is 0 Å². The summed E-state index contributed by atoms with van der Waals surface area (Å²) in [6.07, 6.45) is -6.76. The molecule has 2 aromatic rings. The van der Waals surface area contributed by atoms with Crippen molar-refractivity contribution >= 4 is 29.3 Å². The van der Waals surface area contributed by atoms with Gasteiger partial charge in [0.1, 0.15) is 0 Å². The Hall–Kier alpha value is -3.56. The number of alkyl halides is 3. The molecule has 0 unspecified atom stereocenters. The van der Waals surface area contributed by atoms with Gasteiger partial charge in [0.05, 0.1) is 0 Å². The third-order valence-corrected chi connectivity index (χ3v) is 4.58. The molecule has 2 rings (SSSR count). The second kappa shape index (κ2) is 9.93. The summed E-state index contributed by atoms with van der Waals surface area (Å²) in [5.41, 5.74) is 7.01. The SMILES string of the molecule is CC(=O)N(Cc1cccc(N)c1)Cc1cccc(N(C(=O)OC(=O)C(F)(F)F)C(C)(C)C)c1. The zero-order valence-corrected chi connectivity index (χ0v) is 18.8. The van der Waals surface area contributed by atoms with E-state index in [0.717, 1.165) is 10.5 Å². The molecule has 0 bridgehead atoms. The first-order valence-electron chi connectivity index (χ1n) is 10.0. The first-order valence-corrected chi connectivity index (χ1v) is 10.0. The molecule has 0 aliphatic carbocycles. The normalized spacial score (nSPS) is 11.6. The number of benzene rings is 2. The minimum Gasteiger partial charge on any atom is -0.399 e. The molecule has 0 aliphatic rings. The Bertz CT molecular complexity index is 1030. The number of ether oxygens (including phenoxy) is 1. The molecule has 2 amide bonds. The fourth-order valence-corrected chi connectivity index (χ4v) is 3.15. The van der Waals surface area contributed by atoms with Crippen LogP contribution in [0, 0.1) is 0 Å². The van der Waals surface area contributed by atoms with Crippen LogP contribution in [-0.2, 0) is 27.4 Å². The molecule has 33 heavy (non-hydrogen) atoms. The van der Waals surface area contributed by atoms with Crippen molar-refractivity contribution in [2.45, 2.75) is 52.5 Å². The highest BCUT2D eigenvalue weighted by atomic mass is 19.4. The van der Waals surface area contributed by atoms with Crippen LogP contribution < -0.4 is 10.6 Å². The highest BCUT2D eigenvalue weighted by Crippen LogP contribution is 2.28. The van der Waals surface area contributed by atoms with E-state index in [4.69, 9.17) is 5.73 Å². The average molecular weight is 465 g/mol. The molecule has 2 aromatic carbocycles. The number of carbonyl (C=O) groups excluding carboxylic acids is 3. The van der Waals surface area contributed by atoms with Gasteiger partial charge in [-0.15, -0.1) is 0 Å². The molecule has 0 aromatic heterocycles. The molecule has 10 heteroatoms. The maximum Gasteiger partial charge on any atom is 0.491 e. The number of amides is 2. The monoisotopic (exact) mass is 465 g/mol. The lowest BCUT2D eigenvalue weighted by atomic mass is 10.0. The third kappa shape index (κ3) is 7.23. The van der Waals surface area contributed by atoms with Crippen LogP contribution in [0.5, 0.6) is 0 Å². The van der Waals surface area contributed by atoms with E-state index < -0.39 is 23.8 Å². The van der Waals surface area contributed by atoms with E-state index in [1.165, 1.54) is 13.0 Å². The van der Waals surface area contributed by atoms with Gasteiger partial charge in [-0.2, -0.15) is 13.2 Å². The van der Waals surface area contributed by atoms with E-state index in [1.54, 1.807) is 62.1 Å². The first kappa shape index (κ1) is 25.7. The van der Waals surface area contributed by atoms with Gasteiger partial charge in [0, 0.05) is 36.9 Å². The lowest BCUT2D eigenvalue weighted by Crippen LogP contribution is -2.48. The number of esters is 1. The lowest BCUT2D eigenvalue weighted by molar-refractivity contribution is -0.192. The number of nitrogens with two attached hydrogens (primary N) is 1. The minimum atomic E-state index is -5.30. The summed E-state index contributed by atoms with van der Waals surface area (Å²) in [5, 5.41) is 0. The van der Waals surface area contributed by atoms with Crippen LogP contribution in [0.2, 0.25) is 0 Å². The van der Waals surface area contributed by atoms with E-state index in [-0.39, 0.29) is 24.7 Å². The topological polar surface area (TPSA) is 92.9 Å². The van der Waals surface area contributed by atoms with Crippen LogP contribution in [0.1, 0.15) is 38.8 Å². The number of anilines is 2. The van der Waals surface area contributed by atoms with Crippen molar-refractivity contribution in [3.63, 3.8) is 0 Å². The standard InChI is InChI=1S/C23H26F3N3O4/c1-15(30)28(13-16-7-5-9-18(27)11-16)14-17-8-6-10-19(12-17)29(22(2,3)4)21(32)33-20(31)23(24,25)26/h5-12H,13-14,27H2,1-4H3. The molecule has 7 nitrogen and oxygen atoms in total. The Labute approximate surface area is 189 Å². The zero-order valence-electron chi connectivity index (χ0n) is 18.8. The molecule has 0 atom stereocenters. The zero-order chi connectivity index (χ0) is 25.0. The summed E-state index contributed by atoms with van der Waals surface area (Å²) in [6, 6.07) is 13.5. The van der Waals surface area contributed by atoms with Crippen molar-refractivity contribution < 1.29 is 32.3 Å². The quantitative estimate of drug-likeness (QED) is 0.394. The molecule has 0 aliphatic heterocycles. The molecular weight excluding hydrogens is 439 g/mol. The molecule has 0 radical (unpaired) electrons. The summed E-state index contributed by atoms with van der Waals surface area (Å²) in [6.45, 7) is 6.63. The van der Waals surface area contributed by atoms with Gasteiger partial charge in [0.2, 0.25) is 5.91 Å². The van der Waals surface area contributed by atoms with Crippen LogP contribution in [0.15, 0.2) is 48.5 Å². The predicted molar refractivity (Wildman–Crippen MR) is 117 cm³/mol. The van der Waals surface area contributed by atoms with Crippen LogP contribution >= 0.6 is 0 Å². The van der Waals surface area contributed by atoms with E-state index >= 15 is 0 Å². The van der Waals surface area contributed by atoms with Crippen molar-refractivity contribution in [2.24, 2.45) is 0 Å². The van der Waals surface area contributed by atoms with Gasteiger partial charge in [-0.25, -0.2) is 9.59 Å². The van der Waals surface area contributed by atoms with Crippen molar-refractivity contribution in [3.8, 4) is 0 Å². The van der Waals surface area contributed by atoms with Crippen LogP contribution in [0.4, 0.5) is 29.3 Å². The molecule has 0 spiro atoms. The Morgan fingerprint density at radius 1 is 0.939 bits per heavy atom. The maximum atomic E-state index is 12.6. The van der Waals surface area contributed by atoms with Crippen LogP contribution in [-0.4, -0.2) is 34.6 Å². The molecule has 0 heterocycles. The van der Waals surface area contributed by atoms with Gasteiger partial charge in [-0.05, 0) is 56.2 Å². The van der Waals surface area contributed by atoms with Crippen molar-refractivity contribution in [2.75, 3.05) is 10.6 Å². The predicted octanol–water partition coefficient (Wildman–Crippen LogP) is 4.65. The third-order valence-electron chi connectivity index (χ3n) is 4.58. The summed E-state index contributed by atoms with van der Waals surface area (Å²) in [7, 11) is 0. The van der Waals surface area contributed by atoms with Gasteiger partial charge >= 0.3 is 18.2 Å². The van der Waals surface area contributed by atoms with E-state index in [2.05, 4.69) is 4.74 Å². The lowest BCUT2D eigenvalue weighted by Gasteiger charge is -2.34. The highest BCUT2D eigenvalue weighted by Gasteiger charge is 2.44. The second-order valence-corrected chi connectivity index (χ2v) is 8.45. The fourth-order valence-electron chi connectivity index (χ4n) is 3.15. The van der Waals surface area contributed by atoms with E-state index in [1.807, 2.05) is 6.07 Å². The van der Waals surface area contributed by atoms with Crippen molar-refractivity contribution in [3.05, 3.63) is 59.7 Å². The number of hydrogen-bond acceptors (Lipinski definition) is 5. The Morgan fingerprint density at radius 2 is 1.48 bits per heavy atom.